The summed E-state index contributed by atoms with van der Waals surface area (Å²) in [5, 5.41) is 4.67. The normalized spacial score (nSPS) is 18.1. The molecular formula is C19H28N2O9S. The molecular weight excluding hydrogens is 432 g/mol. The number of cyclic esters (lactones) is 2. The molecule has 2 amide bonds. The highest BCUT2D eigenvalue weighted by atomic mass is 32.2. The summed E-state index contributed by atoms with van der Waals surface area (Å²) in [4.78, 5) is 70.2. The van der Waals surface area contributed by atoms with Gasteiger partial charge in [0, 0.05) is 30.7 Å². The van der Waals surface area contributed by atoms with E-state index in [1.165, 1.54) is 14.0 Å². The Kier molecular flexibility index (Phi) is 10.5. The molecule has 2 atom stereocenters. The Labute approximate surface area is 184 Å². The van der Waals surface area contributed by atoms with Crippen molar-refractivity contribution in [2.24, 2.45) is 11.3 Å². The molecule has 0 radical (unpaired) electrons. The van der Waals surface area contributed by atoms with Crippen LogP contribution >= 0.6 is 11.8 Å². The first-order chi connectivity index (χ1) is 14.5. The number of hydrogen-bond donors (Lipinski definition) is 2. The molecule has 2 N–H and O–H groups in total. The first-order valence-electron chi connectivity index (χ1n) is 9.59. The van der Waals surface area contributed by atoms with E-state index in [9.17, 15) is 28.8 Å². The van der Waals surface area contributed by atoms with Crippen molar-refractivity contribution in [1.82, 2.24) is 10.6 Å². The molecule has 0 spiro atoms. The van der Waals surface area contributed by atoms with Gasteiger partial charge in [-0.15, -0.1) is 0 Å². The first kappa shape index (κ1) is 26.4. The topological polar surface area (TPSA) is 154 Å². The maximum Gasteiger partial charge on any atom is 0.509 e. The van der Waals surface area contributed by atoms with Crippen LogP contribution in [0.3, 0.4) is 0 Å². The number of esters is 1. The van der Waals surface area contributed by atoms with Crippen LogP contribution in [0.25, 0.3) is 0 Å². The quantitative estimate of drug-likeness (QED) is 0.248. The molecule has 0 aromatic carbocycles. The Morgan fingerprint density at radius 1 is 1.19 bits per heavy atom. The number of thioether (sulfide) groups is 1. The lowest BCUT2D eigenvalue weighted by Crippen LogP contribution is -2.52. The van der Waals surface area contributed by atoms with Gasteiger partial charge >= 0.3 is 12.1 Å². The van der Waals surface area contributed by atoms with E-state index in [0.29, 0.717) is 0 Å². The predicted octanol–water partition coefficient (Wildman–Crippen LogP) is 0.199. The van der Waals surface area contributed by atoms with Crippen LogP contribution in [0, 0.1) is 11.3 Å². The fourth-order valence-electron chi connectivity index (χ4n) is 2.58. The summed E-state index contributed by atoms with van der Waals surface area (Å²) in [6, 6.07) is 0. The number of nitrogens with one attached hydrogen (secondary N) is 2. The molecule has 1 heterocycles. The van der Waals surface area contributed by atoms with Gasteiger partial charge in [-0.2, -0.15) is 0 Å². The van der Waals surface area contributed by atoms with Crippen LogP contribution in [0.5, 0.6) is 0 Å². The van der Waals surface area contributed by atoms with Crippen molar-refractivity contribution >= 4 is 46.6 Å². The second-order valence-electron chi connectivity index (χ2n) is 7.53. The zero-order valence-corrected chi connectivity index (χ0v) is 18.8. The maximum atomic E-state index is 12.2. The molecule has 1 fully saturated rings. The number of ether oxygens (including phenoxy) is 3. The van der Waals surface area contributed by atoms with E-state index in [2.05, 4.69) is 15.4 Å². The lowest BCUT2D eigenvalue weighted by Gasteiger charge is -2.35. The van der Waals surface area contributed by atoms with Gasteiger partial charge in [0.1, 0.15) is 12.4 Å². The van der Waals surface area contributed by atoms with Crippen molar-refractivity contribution in [2.75, 3.05) is 32.6 Å². The van der Waals surface area contributed by atoms with Gasteiger partial charge in [-0.1, -0.05) is 25.6 Å². The molecule has 0 aromatic heterocycles. The van der Waals surface area contributed by atoms with Crippen LogP contribution in [0.4, 0.5) is 4.79 Å². The zero-order valence-electron chi connectivity index (χ0n) is 18.0. The fourth-order valence-corrected chi connectivity index (χ4v) is 3.44. The van der Waals surface area contributed by atoms with Crippen LogP contribution in [0.2, 0.25) is 0 Å². The van der Waals surface area contributed by atoms with Gasteiger partial charge in [0.05, 0.1) is 19.4 Å². The second-order valence-corrected chi connectivity index (χ2v) is 8.63. The molecule has 1 aliphatic rings. The molecule has 0 bridgehead atoms. The number of methoxy groups -OCH3 is 1. The Hall–Kier alpha value is -2.63. The lowest BCUT2D eigenvalue weighted by molar-refractivity contribution is -0.149. The average Bonchev–Trinajstić information content (AvgIpc) is 2.70. The molecule has 1 saturated heterocycles. The average molecular weight is 461 g/mol. The standard InChI is InChI=1S/C19H28N2O9S/c1-11(22)12(9-14(24)28-4)17(26)31-8-7-20-13(23)5-6-21-16(25)15-19(2,3)10-29-18(27)30-15/h12,15H,5-10H2,1-4H3,(H,20,23)(H,21,25)/t12?,15-/m0/s1. The van der Waals surface area contributed by atoms with Gasteiger partial charge in [-0.05, 0) is 6.92 Å². The maximum absolute atomic E-state index is 12.2. The van der Waals surface area contributed by atoms with Gasteiger partial charge in [0.25, 0.3) is 5.91 Å². The van der Waals surface area contributed by atoms with Gasteiger partial charge in [0.15, 0.2) is 11.2 Å². The summed E-state index contributed by atoms with van der Waals surface area (Å²) in [6.07, 6.45) is -2.26. The minimum Gasteiger partial charge on any atom is -0.469 e. The molecule has 0 aromatic rings. The Balaban J connectivity index is 2.29. The molecule has 174 valence electrons. The summed E-state index contributed by atoms with van der Waals surface area (Å²) >= 11 is 0.843. The number of hydrogen-bond acceptors (Lipinski definition) is 10. The van der Waals surface area contributed by atoms with E-state index in [0.717, 1.165) is 11.8 Å². The van der Waals surface area contributed by atoms with E-state index in [1.807, 2.05) is 0 Å². The van der Waals surface area contributed by atoms with Crippen LogP contribution < -0.4 is 10.6 Å². The molecule has 12 heteroatoms. The molecule has 31 heavy (non-hydrogen) atoms. The van der Waals surface area contributed by atoms with E-state index in [1.54, 1.807) is 13.8 Å². The van der Waals surface area contributed by atoms with Gasteiger partial charge in [0.2, 0.25) is 5.91 Å². The van der Waals surface area contributed by atoms with Crippen LogP contribution in [-0.4, -0.2) is 73.5 Å². The molecule has 0 saturated carbocycles. The number of Topliss-reactive ketones (excluding diaryl/α,β-unsaturated/α-hetero) is 1. The van der Waals surface area contributed by atoms with Crippen molar-refractivity contribution < 1.29 is 43.0 Å². The SMILES string of the molecule is COC(=O)CC(C(C)=O)C(=O)SCCNC(=O)CCNC(=O)[C@@H]1OC(=O)OCC1(C)C. The van der Waals surface area contributed by atoms with Gasteiger partial charge < -0.3 is 24.8 Å². The van der Waals surface area contributed by atoms with Crippen molar-refractivity contribution in [1.29, 1.82) is 0 Å². The highest BCUT2D eigenvalue weighted by Gasteiger charge is 2.43. The van der Waals surface area contributed by atoms with Crippen molar-refractivity contribution in [2.45, 2.75) is 39.7 Å². The minimum atomic E-state index is -1.08. The third kappa shape index (κ3) is 8.95. The molecule has 1 rings (SSSR count). The number of carbonyl (C=O) groups is 6. The van der Waals surface area contributed by atoms with E-state index >= 15 is 0 Å². The molecule has 1 unspecified atom stereocenters. The number of ketones is 1. The molecule has 11 nitrogen and oxygen atoms in total. The molecule has 0 aliphatic carbocycles. The van der Waals surface area contributed by atoms with Crippen molar-refractivity contribution in [3.63, 3.8) is 0 Å². The molecule has 1 aliphatic heterocycles. The Bertz CT molecular complexity index is 723. The zero-order chi connectivity index (χ0) is 23.6. The third-order valence-electron chi connectivity index (χ3n) is 4.42. The third-order valence-corrected chi connectivity index (χ3v) is 5.39. The van der Waals surface area contributed by atoms with E-state index in [4.69, 9.17) is 9.47 Å². The monoisotopic (exact) mass is 460 g/mol. The van der Waals surface area contributed by atoms with Crippen LogP contribution in [-0.2, 0) is 38.2 Å². The van der Waals surface area contributed by atoms with Crippen molar-refractivity contribution in [3.05, 3.63) is 0 Å². The van der Waals surface area contributed by atoms with E-state index in [-0.39, 0.29) is 44.2 Å². The first-order valence-corrected chi connectivity index (χ1v) is 10.6. The number of carbonyl (C=O) groups excluding carboxylic acids is 6. The van der Waals surface area contributed by atoms with Gasteiger partial charge in [-0.25, -0.2) is 4.79 Å². The minimum absolute atomic E-state index is 0.0135. The smallest absolute Gasteiger partial charge is 0.469 e. The van der Waals surface area contributed by atoms with Crippen LogP contribution in [0.1, 0.15) is 33.6 Å². The second kappa shape index (κ2) is 12.3. The number of rotatable bonds is 11. The fraction of sp³-hybridized carbons (Fsp3) is 0.684. The number of amides is 2. The Morgan fingerprint density at radius 2 is 1.87 bits per heavy atom. The summed E-state index contributed by atoms with van der Waals surface area (Å²) < 4.78 is 14.2. The Morgan fingerprint density at radius 3 is 2.48 bits per heavy atom. The lowest BCUT2D eigenvalue weighted by atomic mass is 9.86. The summed E-state index contributed by atoms with van der Waals surface area (Å²) in [6.45, 7) is 4.91. The summed E-state index contributed by atoms with van der Waals surface area (Å²) in [7, 11) is 1.17. The summed E-state index contributed by atoms with van der Waals surface area (Å²) in [5.41, 5.74) is -0.699. The predicted molar refractivity (Wildman–Crippen MR) is 109 cm³/mol. The van der Waals surface area contributed by atoms with Crippen molar-refractivity contribution in [3.8, 4) is 0 Å². The van der Waals surface area contributed by atoms with Gasteiger partial charge in [-0.3, -0.25) is 24.0 Å². The largest absolute Gasteiger partial charge is 0.509 e. The highest BCUT2D eigenvalue weighted by Crippen LogP contribution is 2.28. The highest BCUT2D eigenvalue weighted by molar-refractivity contribution is 8.13. The summed E-state index contributed by atoms with van der Waals surface area (Å²) in [5.74, 6) is -2.81. The van der Waals surface area contributed by atoms with Crippen LogP contribution in [0.15, 0.2) is 0 Å². The van der Waals surface area contributed by atoms with E-state index < -0.39 is 46.4 Å².